The fourth-order valence-electron chi connectivity index (χ4n) is 3.19. The molecule has 7 nitrogen and oxygen atoms in total. The van der Waals surface area contributed by atoms with Crippen LogP contribution in [-0.4, -0.2) is 52.0 Å². The maximum absolute atomic E-state index is 12.9. The number of nitrogens with zero attached hydrogens (tertiary/aromatic N) is 4. The standard InChI is InChI=1S/C18H25N5O2.2ClH/c1-13(16-20-14(2)21-25-16)22-9-11-23(12-10-22)17(24)18(3,19)15-7-5-4-6-8-15;;/h4-8,13H,9-12,19H2,1-3H3;2*1H. The fourth-order valence-corrected chi connectivity index (χ4v) is 3.19. The predicted octanol–water partition coefficient (Wildman–Crippen LogP) is 2.30. The summed E-state index contributed by atoms with van der Waals surface area (Å²) in [7, 11) is 0. The number of nitrogens with two attached hydrogens (primary N) is 1. The summed E-state index contributed by atoms with van der Waals surface area (Å²) in [6.45, 7) is 8.40. The highest BCUT2D eigenvalue weighted by Gasteiger charge is 2.36. The molecule has 150 valence electrons. The van der Waals surface area contributed by atoms with Gasteiger partial charge in [-0.25, -0.2) is 0 Å². The lowest BCUT2D eigenvalue weighted by Gasteiger charge is -2.40. The zero-order valence-electron chi connectivity index (χ0n) is 15.8. The van der Waals surface area contributed by atoms with E-state index >= 15 is 0 Å². The van der Waals surface area contributed by atoms with Crippen LogP contribution in [0.3, 0.4) is 0 Å². The van der Waals surface area contributed by atoms with Crippen LogP contribution in [0.5, 0.6) is 0 Å². The van der Waals surface area contributed by atoms with Crippen LogP contribution in [0, 0.1) is 6.92 Å². The van der Waals surface area contributed by atoms with E-state index in [4.69, 9.17) is 10.3 Å². The molecule has 0 saturated carbocycles. The molecule has 1 aliphatic rings. The number of benzene rings is 1. The number of rotatable bonds is 4. The van der Waals surface area contributed by atoms with Gasteiger partial charge in [-0.2, -0.15) is 4.98 Å². The minimum atomic E-state index is -1.02. The lowest BCUT2D eigenvalue weighted by Crippen LogP contribution is -2.56. The highest BCUT2D eigenvalue weighted by Crippen LogP contribution is 2.24. The molecule has 1 aromatic heterocycles. The first kappa shape index (κ1) is 23.4. The van der Waals surface area contributed by atoms with Crippen molar-refractivity contribution in [3.05, 3.63) is 47.6 Å². The third-order valence-corrected chi connectivity index (χ3v) is 4.87. The Morgan fingerprint density at radius 3 is 2.30 bits per heavy atom. The molecular formula is C18H27Cl2N5O2. The van der Waals surface area contributed by atoms with Gasteiger partial charge in [-0.1, -0.05) is 35.5 Å². The Bertz CT molecular complexity index is 730. The van der Waals surface area contributed by atoms with Crippen molar-refractivity contribution in [1.29, 1.82) is 0 Å². The van der Waals surface area contributed by atoms with E-state index in [1.807, 2.05) is 49.1 Å². The van der Waals surface area contributed by atoms with Crippen molar-refractivity contribution >= 4 is 30.7 Å². The molecule has 2 N–H and O–H groups in total. The zero-order chi connectivity index (χ0) is 18.0. The molecule has 1 aromatic carbocycles. The molecule has 0 bridgehead atoms. The van der Waals surface area contributed by atoms with Crippen molar-refractivity contribution in [1.82, 2.24) is 19.9 Å². The molecule has 2 atom stereocenters. The number of amides is 1. The molecule has 2 unspecified atom stereocenters. The Morgan fingerprint density at radius 1 is 1.19 bits per heavy atom. The molecule has 3 rings (SSSR count). The van der Waals surface area contributed by atoms with Gasteiger partial charge in [0.05, 0.1) is 6.04 Å². The maximum atomic E-state index is 12.9. The predicted molar refractivity (Wildman–Crippen MR) is 108 cm³/mol. The second-order valence-electron chi connectivity index (χ2n) is 6.75. The molecule has 9 heteroatoms. The summed E-state index contributed by atoms with van der Waals surface area (Å²) >= 11 is 0. The number of carbonyl (C=O) groups excluding carboxylic acids is 1. The van der Waals surface area contributed by atoms with Gasteiger partial charge in [0.2, 0.25) is 11.8 Å². The maximum Gasteiger partial charge on any atom is 0.247 e. The molecule has 2 aromatic rings. The van der Waals surface area contributed by atoms with Crippen molar-refractivity contribution in [2.45, 2.75) is 32.4 Å². The monoisotopic (exact) mass is 415 g/mol. The van der Waals surface area contributed by atoms with Crippen molar-refractivity contribution in [2.24, 2.45) is 5.73 Å². The molecule has 1 saturated heterocycles. The first-order valence-corrected chi connectivity index (χ1v) is 8.57. The Morgan fingerprint density at radius 2 is 1.78 bits per heavy atom. The highest BCUT2D eigenvalue weighted by atomic mass is 35.5. The number of aromatic nitrogens is 2. The summed E-state index contributed by atoms with van der Waals surface area (Å²) in [5.74, 6) is 1.21. The van der Waals surface area contributed by atoms with E-state index in [1.165, 1.54) is 0 Å². The average molecular weight is 416 g/mol. The smallest absolute Gasteiger partial charge is 0.247 e. The van der Waals surface area contributed by atoms with Crippen molar-refractivity contribution in [2.75, 3.05) is 26.2 Å². The average Bonchev–Trinajstić information content (AvgIpc) is 3.07. The van der Waals surface area contributed by atoms with Gasteiger partial charge in [-0.3, -0.25) is 9.69 Å². The molecule has 2 heterocycles. The first-order valence-electron chi connectivity index (χ1n) is 8.57. The number of piperazine rings is 1. The lowest BCUT2D eigenvalue weighted by molar-refractivity contribution is -0.139. The Kier molecular flexibility index (Phi) is 8.23. The Hall–Kier alpha value is -1.67. The van der Waals surface area contributed by atoms with Crippen molar-refractivity contribution in [3.63, 3.8) is 0 Å². The summed E-state index contributed by atoms with van der Waals surface area (Å²) in [5.41, 5.74) is 6.18. The fraction of sp³-hybridized carbons (Fsp3) is 0.500. The minimum Gasteiger partial charge on any atom is -0.338 e. The van der Waals surface area contributed by atoms with Crippen molar-refractivity contribution < 1.29 is 9.32 Å². The van der Waals surface area contributed by atoms with E-state index < -0.39 is 5.54 Å². The molecule has 0 radical (unpaired) electrons. The van der Waals surface area contributed by atoms with Crippen LogP contribution in [0.4, 0.5) is 0 Å². The SMILES string of the molecule is Cc1noc(C(C)N2CCN(C(=O)C(C)(N)c3ccccc3)CC2)n1.Cl.Cl. The Labute approximate surface area is 172 Å². The quantitative estimate of drug-likeness (QED) is 0.823. The van der Waals surface area contributed by atoms with Gasteiger partial charge in [0, 0.05) is 26.2 Å². The molecule has 1 amide bonds. The molecule has 0 aliphatic carbocycles. The molecule has 0 spiro atoms. The largest absolute Gasteiger partial charge is 0.338 e. The van der Waals surface area contributed by atoms with Crippen LogP contribution in [0.2, 0.25) is 0 Å². The van der Waals surface area contributed by atoms with Crippen LogP contribution in [-0.2, 0) is 10.3 Å². The number of hydrogen-bond donors (Lipinski definition) is 1. The summed E-state index contributed by atoms with van der Waals surface area (Å²) < 4.78 is 5.26. The normalized spacial score (nSPS) is 18.0. The second-order valence-corrected chi connectivity index (χ2v) is 6.75. The topological polar surface area (TPSA) is 88.5 Å². The third kappa shape index (κ3) is 4.99. The third-order valence-electron chi connectivity index (χ3n) is 4.87. The molecule has 1 aliphatic heterocycles. The van der Waals surface area contributed by atoms with Gasteiger partial charge in [0.1, 0.15) is 5.54 Å². The van der Waals surface area contributed by atoms with Crippen molar-refractivity contribution in [3.8, 4) is 0 Å². The van der Waals surface area contributed by atoms with Crippen LogP contribution < -0.4 is 5.73 Å². The van der Waals surface area contributed by atoms with E-state index in [-0.39, 0.29) is 36.8 Å². The lowest BCUT2D eigenvalue weighted by atomic mass is 9.91. The van der Waals surface area contributed by atoms with Gasteiger partial charge >= 0.3 is 0 Å². The van der Waals surface area contributed by atoms with E-state index in [0.717, 1.165) is 18.7 Å². The van der Waals surface area contributed by atoms with E-state index in [9.17, 15) is 4.79 Å². The van der Waals surface area contributed by atoms with Gasteiger partial charge in [-0.05, 0) is 26.3 Å². The summed E-state index contributed by atoms with van der Waals surface area (Å²) in [6, 6.07) is 9.56. The van der Waals surface area contributed by atoms with Gasteiger partial charge in [0.15, 0.2) is 5.82 Å². The van der Waals surface area contributed by atoms with Gasteiger partial charge in [-0.15, -0.1) is 24.8 Å². The zero-order valence-corrected chi connectivity index (χ0v) is 17.4. The van der Waals surface area contributed by atoms with E-state index in [1.54, 1.807) is 6.92 Å². The summed E-state index contributed by atoms with van der Waals surface area (Å²) in [5, 5.41) is 3.85. The van der Waals surface area contributed by atoms with Gasteiger partial charge < -0.3 is 15.2 Å². The molecule has 27 heavy (non-hydrogen) atoms. The minimum absolute atomic E-state index is 0. The summed E-state index contributed by atoms with van der Waals surface area (Å²) in [4.78, 5) is 21.3. The molecule has 1 fully saturated rings. The van der Waals surface area contributed by atoms with Crippen LogP contribution in [0.25, 0.3) is 0 Å². The number of aryl methyl sites for hydroxylation is 1. The highest BCUT2D eigenvalue weighted by molar-refractivity contribution is 5.87. The Balaban J connectivity index is 0.00000182. The number of hydrogen-bond acceptors (Lipinski definition) is 6. The molecular weight excluding hydrogens is 389 g/mol. The number of carbonyl (C=O) groups is 1. The first-order chi connectivity index (χ1) is 11.9. The van der Waals surface area contributed by atoms with Crippen LogP contribution in [0.15, 0.2) is 34.9 Å². The second kappa shape index (κ2) is 9.50. The van der Waals surface area contributed by atoms with Crippen LogP contribution in [0.1, 0.15) is 37.2 Å². The number of halogens is 2. The van der Waals surface area contributed by atoms with Gasteiger partial charge in [0.25, 0.3) is 0 Å². The van der Waals surface area contributed by atoms with E-state index in [0.29, 0.717) is 24.8 Å². The van der Waals surface area contributed by atoms with Crippen LogP contribution >= 0.6 is 24.8 Å². The van der Waals surface area contributed by atoms with E-state index in [2.05, 4.69) is 15.0 Å². The summed E-state index contributed by atoms with van der Waals surface area (Å²) in [6.07, 6.45) is 0.